The monoisotopic (exact) mass is 351 g/mol. The standard InChI is InChI=1S/C19H21N5O2/c1-13(2)24-18(21-22-23-24)15-7-5-8-16(11-15)19(25)20-17-9-4-6-14(10-17)12-26-3/h4-11,13H,12H2,1-3H3,(H,20,25). The maximum absolute atomic E-state index is 12.6. The number of hydrogen-bond acceptors (Lipinski definition) is 5. The summed E-state index contributed by atoms with van der Waals surface area (Å²) < 4.78 is 6.85. The second-order valence-corrected chi connectivity index (χ2v) is 6.21. The molecule has 26 heavy (non-hydrogen) atoms. The number of benzene rings is 2. The van der Waals surface area contributed by atoms with Crippen LogP contribution >= 0.6 is 0 Å². The summed E-state index contributed by atoms with van der Waals surface area (Å²) in [6.45, 7) is 4.50. The number of rotatable bonds is 6. The highest BCUT2D eigenvalue weighted by Crippen LogP contribution is 2.21. The lowest BCUT2D eigenvalue weighted by atomic mass is 10.1. The van der Waals surface area contributed by atoms with E-state index in [2.05, 4.69) is 20.8 Å². The van der Waals surface area contributed by atoms with E-state index in [0.717, 1.165) is 16.8 Å². The molecular formula is C19H21N5O2. The number of aromatic nitrogens is 4. The molecule has 7 nitrogen and oxygen atoms in total. The van der Waals surface area contributed by atoms with E-state index in [1.165, 1.54) is 0 Å². The van der Waals surface area contributed by atoms with E-state index in [0.29, 0.717) is 18.0 Å². The molecule has 1 heterocycles. The summed E-state index contributed by atoms with van der Waals surface area (Å²) in [6.07, 6.45) is 0. The summed E-state index contributed by atoms with van der Waals surface area (Å²) in [6, 6.07) is 15.0. The number of carbonyl (C=O) groups excluding carboxylic acids is 1. The first kappa shape index (κ1) is 17.8. The van der Waals surface area contributed by atoms with Gasteiger partial charge in [-0.3, -0.25) is 4.79 Å². The van der Waals surface area contributed by atoms with Gasteiger partial charge in [0.25, 0.3) is 5.91 Å². The summed E-state index contributed by atoms with van der Waals surface area (Å²) >= 11 is 0. The molecule has 0 spiro atoms. The number of hydrogen-bond donors (Lipinski definition) is 1. The van der Waals surface area contributed by atoms with Crippen LogP contribution in [0.25, 0.3) is 11.4 Å². The van der Waals surface area contributed by atoms with Gasteiger partial charge in [0, 0.05) is 23.9 Å². The van der Waals surface area contributed by atoms with Gasteiger partial charge in [-0.05, 0) is 54.1 Å². The topological polar surface area (TPSA) is 81.9 Å². The third kappa shape index (κ3) is 3.94. The zero-order valence-electron chi connectivity index (χ0n) is 15.0. The van der Waals surface area contributed by atoms with E-state index in [4.69, 9.17) is 4.74 Å². The number of anilines is 1. The van der Waals surface area contributed by atoms with E-state index in [1.54, 1.807) is 23.9 Å². The summed E-state index contributed by atoms with van der Waals surface area (Å²) in [5.74, 6) is 0.446. The molecular weight excluding hydrogens is 330 g/mol. The molecule has 0 saturated heterocycles. The number of methoxy groups -OCH3 is 1. The van der Waals surface area contributed by atoms with Crippen LogP contribution in [0.4, 0.5) is 5.69 Å². The molecule has 3 aromatic rings. The van der Waals surface area contributed by atoms with Crippen LogP contribution in [0, 0.1) is 0 Å². The molecule has 0 radical (unpaired) electrons. The Morgan fingerprint density at radius 1 is 1.19 bits per heavy atom. The lowest BCUT2D eigenvalue weighted by Gasteiger charge is -2.10. The summed E-state index contributed by atoms with van der Waals surface area (Å²) in [5, 5.41) is 14.7. The minimum absolute atomic E-state index is 0.126. The quantitative estimate of drug-likeness (QED) is 0.737. The van der Waals surface area contributed by atoms with E-state index in [1.807, 2.05) is 50.2 Å². The molecule has 2 aromatic carbocycles. The zero-order chi connectivity index (χ0) is 18.5. The van der Waals surface area contributed by atoms with Gasteiger partial charge in [0.2, 0.25) is 0 Å². The second-order valence-electron chi connectivity index (χ2n) is 6.21. The molecule has 0 aliphatic rings. The largest absolute Gasteiger partial charge is 0.380 e. The van der Waals surface area contributed by atoms with Crippen molar-refractivity contribution in [1.82, 2.24) is 20.2 Å². The van der Waals surface area contributed by atoms with E-state index < -0.39 is 0 Å². The fourth-order valence-corrected chi connectivity index (χ4v) is 2.64. The number of ether oxygens (including phenoxy) is 1. The molecule has 0 aliphatic carbocycles. The van der Waals surface area contributed by atoms with Crippen molar-refractivity contribution in [3.8, 4) is 11.4 Å². The Balaban J connectivity index is 1.82. The Labute approximate surface area is 152 Å². The summed E-state index contributed by atoms with van der Waals surface area (Å²) in [4.78, 5) is 12.6. The van der Waals surface area contributed by atoms with E-state index >= 15 is 0 Å². The van der Waals surface area contributed by atoms with E-state index in [-0.39, 0.29) is 11.9 Å². The number of nitrogens with zero attached hydrogens (tertiary/aromatic N) is 4. The number of carbonyl (C=O) groups is 1. The summed E-state index contributed by atoms with van der Waals surface area (Å²) in [7, 11) is 1.64. The third-order valence-corrected chi connectivity index (χ3v) is 3.86. The van der Waals surface area contributed by atoms with Gasteiger partial charge in [-0.25, -0.2) is 4.68 Å². The molecule has 7 heteroatoms. The van der Waals surface area contributed by atoms with Crippen LogP contribution in [0.1, 0.15) is 35.8 Å². The highest BCUT2D eigenvalue weighted by Gasteiger charge is 2.14. The van der Waals surface area contributed by atoms with E-state index in [9.17, 15) is 4.79 Å². The van der Waals surface area contributed by atoms with Crippen molar-refractivity contribution in [2.24, 2.45) is 0 Å². The first-order valence-electron chi connectivity index (χ1n) is 8.36. The van der Waals surface area contributed by atoms with Gasteiger partial charge in [0.05, 0.1) is 12.6 Å². The van der Waals surface area contributed by atoms with Crippen molar-refractivity contribution in [3.63, 3.8) is 0 Å². The van der Waals surface area contributed by atoms with Gasteiger partial charge in [-0.1, -0.05) is 24.3 Å². The Morgan fingerprint density at radius 2 is 2.00 bits per heavy atom. The van der Waals surface area contributed by atoms with Crippen molar-refractivity contribution in [3.05, 3.63) is 59.7 Å². The van der Waals surface area contributed by atoms with Crippen molar-refractivity contribution >= 4 is 11.6 Å². The van der Waals surface area contributed by atoms with Crippen molar-refractivity contribution in [1.29, 1.82) is 0 Å². The predicted octanol–water partition coefficient (Wildman–Crippen LogP) is 3.32. The molecule has 0 fully saturated rings. The Hall–Kier alpha value is -3.06. The highest BCUT2D eigenvalue weighted by molar-refractivity contribution is 6.04. The molecule has 1 amide bonds. The number of tetrazole rings is 1. The van der Waals surface area contributed by atoms with Gasteiger partial charge in [-0.15, -0.1) is 5.10 Å². The van der Waals surface area contributed by atoms with Crippen molar-refractivity contribution in [2.75, 3.05) is 12.4 Å². The molecule has 0 saturated carbocycles. The van der Waals surface area contributed by atoms with Gasteiger partial charge >= 0.3 is 0 Å². The van der Waals surface area contributed by atoms with Gasteiger partial charge in [0.15, 0.2) is 5.82 Å². The molecule has 0 atom stereocenters. The third-order valence-electron chi connectivity index (χ3n) is 3.86. The Bertz CT molecular complexity index is 904. The second kappa shape index (κ2) is 7.88. The lowest BCUT2D eigenvalue weighted by molar-refractivity contribution is 0.102. The Morgan fingerprint density at radius 3 is 2.77 bits per heavy atom. The molecule has 134 valence electrons. The number of nitrogens with one attached hydrogen (secondary N) is 1. The van der Waals surface area contributed by atoms with Gasteiger partial charge < -0.3 is 10.1 Å². The zero-order valence-corrected chi connectivity index (χ0v) is 15.0. The van der Waals surface area contributed by atoms with Crippen molar-refractivity contribution in [2.45, 2.75) is 26.5 Å². The van der Waals surface area contributed by atoms with Crippen LogP contribution in [0.2, 0.25) is 0 Å². The van der Waals surface area contributed by atoms with Crippen molar-refractivity contribution < 1.29 is 9.53 Å². The van der Waals surface area contributed by atoms with Crippen LogP contribution in [0.15, 0.2) is 48.5 Å². The average Bonchev–Trinajstić information content (AvgIpc) is 3.12. The average molecular weight is 351 g/mol. The van der Waals surface area contributed by atoms with Crippen LogP contribution in [-0.4, -0.2) is 33.2 Å². The first-order chi connectivity index (χ1) is 12.6. The van der Waals surface area contributed by atoms with Crippen LogP contribution < -0.4 is 5.32 Å². The smallest absolute Gasteiger partial charge is 0.255 e. The SMILES string of the molecule is COCc1cccc(NC(=O)c2cccc(-c3nnnn3C(C)C)c2)c1. The van der Waals surface area contributed by atoms with Crippen LogP contribution in [-0.2, 0) is 11.3 Å². The number of amides is 1. The van der Waals surface area contributed by atoms with Gasteiger partial charge in [-0.2, -0.15) is 0 Å². The van der Waals surface area contributed by atoms with Gasteiger partial charge in [0.1, 0.15) is 0 Å². The fraction of sp³-hybridized carbons (Fsp3) is 0.263. The molecule has 0 bridgehead atoms. The summed E-state index contributed by atoms with van der Waals surface area (Å²) in [5.41, 5.74) is 3.06. The normalized spacial score (nSPS) is 10.9. The molecule has 1 N–H and O–H groups in total. The molecule has 0 unspecified atom stereocenters. The minimum atomic E-state index is -0.190. The molecule has 0 aliphatic heterocycles. The highest BCUT2D eigenvalue weighted by atomic mass is 16.5. The Kier molecular flexibility index (Phi) is 5.38. The molecule has 1 aromatic heterocycles. The molecule has 3 rings (SSSR count). The fourth-order valence-electron chi connectivity index (χ4n) is 2.64. The predicted molar refractivity (Wildman–Crippen MR) is 98.7 cm³/mol. The lowest BCUT2D eigenvalue weighted by Crippen LogP contribution is -2.12. The van der Waals surface area contributed by atoms with Crippen LogP contribution in [0.3, 0.4) is 0 Å². The van der Waals surface area contributed by atoms with Crippen LogP contribution in [0.5, 0.6) is 0 Å². The minimum Gasteiger partial charge on any atom is -0.380 e. The first-order valence-corrected chi connectivity index (χ1v) is 8.36. The maximum Gasteiger partial charge on any atom is 0.255 e. The maximum atomic E-state index is 12.6.